The molecule has 0 radical (unpaired) electrons. The van der Waals surface area contributed by atoms with Crippen molar-refractivity contribution in [3.8, 4) is 0 Å². The fourth-order valence-electron chi connectivity index (χ4n) is 5.03. The van der Waals surface area contributed by atoms with Gasteiger partial charge in [-0.1, -0.05) is 150 Å². The maximum Gasteiger partial charge on any atom is 0.306 e. The summed E-state index contributed by atoms with van der Waals surface area (Å²) < 4.78 is 11.1. The van der Waals surface area contributed by atoms with Gasteiger partial charge in [0.1, 0.15) is 6.10 Å². The van der Waals surface area contributed by atoms with E-state index in [9.17, 15) is 9.90 Å². The van der Waals surface area contributed by atoms with Crippen molar-refractivity contribution < 1.29 is 19.4 Å². The minimum Gasteiger partial charge on any atom is -0.457 e. The van der Waals surface area contributed by atoms with Crippen LogP contribution in [0.5, 0.6) is 0 Å². The van der Waals surface area contributed by atoms with E-state index in [-0.39, 0.29) is 19.2 Å². The van der Waals surface area contributed by atoms with Crippen LogP contribution in [0.2, 0.25) is 0 Å². The van der Waals surface area contributed by atoms with Gasteiger partial charge in [0, 0.05) is 13.0 Å². The molecule has 0 saturated heterocycles. The second-order valence-electron chi connectivity index (χ2n) is 12.6. The lowest BCUT2D eigenvalue weighted by atomic mass is 10.1. The molecule has 4 heteroatoms. The number of hydrogen-bond acceptors (Lipinski definition) is 4. The van der Waals surface area contributed by atoms with E-state index in [2.05, 4.69) is 98.9 Å². The van der Waals surface area contributed by atoms with Crippen LogP contribution in [0.3, 0.4) is 0 Å². The predicted molar refractivity (Wildman–Crippen MR) is 209 cm³/mol. The first-order valence-corrected chi connectivity index (χ1v) is 19.7. The second kappa shape index (κ2) is 40.7. The first-order valence-electron chi connectivity index (χ1n) is 19.7. The quantitative estimate of drug-likeness (QED) is 0.0415. The molecule has 0 aromatic rings. The van der Waals surface area contributed by atoms with Gasteiger partial charge in [0.05, 0.1) is 13.2 Å². The van der Waals surface area contributed by atoms with E-state index in [4.69, 9.17) is 9.47 Å². The summed E-state index contributed by atoms with van der Waals surface area (Å²) in [4.78, 5) is 12.2. The minimum atomic E-state index is -0.562. The molecule has 0 rings (SSSR count). The average molecular weight is 667 g/mol. The van der Waals surface area contributed by atoms with E-state index >= 15 is 0 Å². The summed E-state index contributed by atoms with van der Waals surface area (Å²) >= 11 is 0. The number of unbranched alkanes of at least 4 members (excludes halogenated alkanes) is 13. The fourth-order valence-corrected chi connectivity index (χ4v) is 5.03. The van der Waals surface area contributed by atoms with E-state index in [1.165, 1.54) is 64.2 Å². The average Bonchev–Trinajstić information content (AvgIpc) is 3.09. The van der Waals surface area contributed by atoms with Crippen LogP contribution >= 0.6 is 0 Å². The number of allylic oxidation sites excluding steroid dienone is 14. The van der Waals surface area contributed by atoms with Gasteiger partial charge in [-0.05, 0) is 89.9 Å². The van der Waals surface area contributed by atoms with Crippen LogP contribution in [-0.4, -0.2) is 37.0 Å². The van der Waals surface area contributed by atoms with Crippen molar-refractivity contribution in [1.29, 1.82) is 0 Å². The molecular formula is C44H74O4. The Balaban J connectivity index is 3.58. The van der Waals surface area contributed by atoms with Crippen LogP contribution in [-0.2, 0) is 14.3 Å². The molecule has 0 aliphatic heterocycles. The molecule has 1 unspecified atom stereocenters. The Morgan fingerprint density at radius 1 is 0.521 bits per heavy atom. The number of esters is 1. The van der Waals surface area contributed by atoms with Crippen molar-refractivity contribution in [2.75, 3.05) is 19.8 Å². The molecule has 274 valence electrons. The molecule has 0 aliphatic rings. The molecule has 0 saturated carbocycles. The van der Waals surface area contributed by atoms with Crippen molar-refractivity contribution in [2.45, 2.75) is 168 Å². The minimum absolute atomic E-state index is 0.195. The van der Waals surface area contributed by atoms with Gasteiger partial charge in [-0.15, -0.1) is 0 Å². The van der Waals surface area contributed by atoms with Crippen molar-refractivity contribution >= 4 is 5.97 Å². The smallest absolute Gasteiger partial charge is 0.306 e. The molecule has 0 bridgehead atoms. The number of aliphatic hydroxyl groups is 1. The summed E-state index contributed by atoms with van der Waals surface area (Å²) in [5.41, 5.74) is 0. The monoisotopic (exact) mass is 667 g/mol. The van der Waals surface area contributed by atoms with Crippen LogP contribution in [0.25, 0.3) is 0 Å². The van der Waals surface area contributed by atoms with E-state index in [1.807, 2.05) is 0 Å². The van der Waals surface area contributed by atoms with Gasteiger partial charge in [-0.2, -0.15) is 0 Å². The Hall–Kier alpha value is -2.43. The second-order valence-corrected chi connectivity index (χ2v) is 12.6. The van der Waals surface area contributed by atoms with Gasteiger partial charge < -0.3 is 14.6 Å². The van der Waals surface area contributed by atoms with Gasteiger partial charge in [-0.3, -0.25) is 4.79 Å². The Labute approximate surface area is 297 Å². The van der Waals surface area contributed by atoms with Crippen LogP contribution in [0.15, 0.2) is 85.1 Å². The number of hydrogen-bond donors (Lipinski definition) is 1. The van der Waals surface area contributed by atoms with E-state index < -0.39 is 6.10 Å². The number of ether oxygens (including phenoxy) is 2. The van der Waals surface area contributed by atoms with Gasteiger partial charge in [0.15, 0.2) is 0 Å². The highest BCUT2D eigenvalue weighted by molar-refractivity contribution is 5.69. The molecule has 48 heavy (non-hydrogen) atoms. The summed E-state index contributed by atoms with van der Waals surface area (Å²) in [6.45, 7) is 5.14. The lowest BCUT2D eigenvalue weighted by Gasteiger charge is -2.15. The molecule has 0 aromatic carbocycles. The van der Waals surface area contributed by atoms with Crippen LogP contribution in [0.1, 0.15) is 162 Å². The summed E-state index contributed by atoms with van der Waals surface area (Å²) in [6, 6.07) is 0. The molecule has 0 spiro atoms. The third kappa shape index (κ3) is 38.0. The Morgan fingerprint density at radius 3 is 1.42 bits per heavy atom. The fraction of sp³-hybridized carbons (Fsp3) is 0.659. The largest absolute Gasteiger partial charge is 0.457 e. The maximum absolute atomic E-state index is 12.2. The molecule has 0 heterocycles. The Kier molecular flexibility index (Phi) is 38.7. The molecule has 0 aromatic heterocycles. The molecule has 4 nitrogen and oxygen atoms in total. The summed E-state index contributed by atoms with van der Waals surface area (Å²) in [7, 11) is 0. The van der Waals surface area contributed by atoms with Gasteiger partial charge in [0.25, 0.3) is 0 Å². The Bertz CT molecular complexity index is 876. The van der Waals surface area contributed by atoms with Crippen LogP contribution in [0, 0.1) is 0 Å². The summed E-state index contributed by atoms with van der Waals surface area (Å²) in [5, 5.41) is 9.58. The molecule has 0 amide bonds. The van der Waals surface area contributed by atoms with Gasteiger partial charge in [0.2, 0.25) is 0 Å². The van der Waals surface area contributed by atoms with Crippen LogP contribution in [0.4, 0.5) is 0 Å². The topological polar surface area (TPSA) is 55.8 Å². The van der Waals surface area contributed by atoms with E-state index in [1.54, 1.807) is 0 Å². The number of carbonyl (C=O) groups is 1. The van der Waals surface area contributed by atoms with Crippen molar-refractivity contribution in [1.82, 2.24) is 0 Å². The number of aliphatic hydroxyl groups excluding tert-OH is 1. The highest BCUT2D eigenvalue weighted by Crippen LogP contribution is 2.10. The summed E-state index contributed by atoms with van der Waals surface area (Å²) in [6.07, 6.45) is 56.3. The third-order valence-electron chi connectivity index (χ3n) is 7.95. The number of carbonyl (C=O) groups excluding carboxylic acids is 1. The first kappa shape index (κ1) is 45.6. The van der Waals surface area contributed by atoms with Gasteiger partial charge >= 0.3 is 5.97 Å². The van der Waals surface area contributed by atoms with Crippen LogP contribution < -0.4 is 0 Å². The zero-order valence-electron chi connectivity index (χ0n) is 31.2. The number of rotatable bonds is 35. The SMILES string of the molecule is CC/C=C\C/C=C\C/C=C\C/C=C\C/C=C\CCCCCC(=O)OC(CO)COCCCCCCCC/C=C\C/C=C\CCCCCC. The molecule has 0 fully saturated rings. The highest BCUT2D eigenvalue weighted by Gasteiger charge is 2.13. The molecule has 1 atom stereocenters. The van der Waals surface area contributed by atoms with Crippen molar-refractivity contribution in [3.63, 3.8) is 0 Å². The Morgan fingerprint density at radius 2 is 0.938 bits per heavy atom. The molecule has 1 N–H and O–H groups in total. The lowest BCUT2D eigenvalue weighted by Crippen LogP contribution is -2.27. The lowest BCUT2D eigenvalue weighted by molar-refractivity contribution is -0.154. The van der Waals surface area contributed by atoms with E-state index in [0.717, 1.165) is 77.0 Å². The third-order valence-corrected chi connectivity index (χ3v) is 7.95. The zero-order valence-corrected chi connectivity index (χ0v) is 31.2. The maximum atomic E-state index is 12.2. The van der Waals surface area contributed by atoms with Crippen molar-refractivity contribution in [2.24, 2.45) is 0 Å². The van der Waals surface area contributed by atoms with Gasteiger partial charge in [-0.25, -0.2) is 0 Å². The van der Waals surface area contributed by atoms with E-state index in [0.29, 0.717) is 13.0 Å². The predicted octanol–water partition coefficient (Wildman–Crippen LogP) is 12.8. The van der Waals surface area contributed by atoms with Crippen molar-refractivity contribution in [3.05, 3.63) is 85.1 Å². The molecule has 0 aliphatic carbocycles. The summed E-state index contributed by atoms with van der Waals surface area (Å²) in [5.74, 6) is -0.239. The normalized spacial score (nSPS) is 13.3. The highest BCUT2D eigenvalue weighted by atomic mass is 16.6. The standard InChI is InChI=1S/C44H74O4/c1-3-5-7-9-11-13-15-17-19-21-22-23-25-27-29-31-33-35-37-39-44(46)48-43(41-45)42-47-40-38-36-34-32-30-28-26-24-20-18-16-14-12-10-8-6-4-2/h5,7,11,13-14,16-17,19-20,22-24,27,29,43,45H,3-4,6,8-10,12,15,18,21,25-26,28,30-42H2,1-2H3/b7-5-,13-11-,16-14-,19-17-,23-22-,24-20-,29-27-. The molecular weight excluding hydrogens is 592 g/mol. The first-order chi connectivity index (χ1) is 23.7. The zero-order chi connectivity index (χ0) is 34.9.